The van der Waals surface area contributed by atoms with Gasteiger partial charge in [0.25, 0.3) is 0 Å². The molecule has 3 N–H and O–H groups in total. The molecule has 0 atom stereocenters. The summed E-state index contributed by atoms with van der Waals surface area (Å²) in [6.45, 7) is 0. The molecule has 12 heavy (non-hydrogen) atoms. The second kappa shape index (κ2) is 3.74. The molecular weight excluding hydrogens is 192 g/mol. The highest BCUT2D eigenvalue weighted by Crippen LogP contribution is 2.22. The van der Waals surface area contributed by atoms with Crippen molar-refractivity contribution in [1.82, 2.24) is 0 Å². The Morgan fingerprint density at radius 1 is 1.58 bits per heavy atom. The van der Waals surface area contributed by atoms with Gasteiger partial charge in [-0.05, 0) is 18.2 Å². The SMILES string of the molecule is CNc1ccc(C(N)=S)cc1Cl. The molecule has 64 valence electrons. The second-order valence-corrected chi connectivity index (χ2v) is 3.16. The van der Waals surface area contributed by atoms with E-state index in [2.05, 4.69) is 5.32 Å². The Hall–Kier alpha value is -0.800. The van der Waals surface area contributed by atoms with Crippen LogP contribution in [0, 0.1) is 0 Å². The molecule has 0 saturated carbocycles. The van der Waals surface area contributed by atoms with E-state index in [1.807, 2.05) is 19.2 Å². The lowest BCUT2D eigenvalue weighted by Crippen LogP contribution is -2.09. The van der Waals surface area contributed by atoms with E-state index in [0.717, 1.165) is 11.3 Å². The Balaban J connectivity index is 3.10. The van der Waals surface area contributed by atoms with E-state index in [0.29, 0.717) is 10.0 Å². The molecule has 1 aromatic rings. The third-order valence-corrected chi connectivity index (χ3v) is 2.07. The number of thiocarbonyl (C=S) groups is 1. The van der Waals surface area contributed by atoms with E-state index in [1.54, 1.807) is 6.07 Å². The number of halogens is 1. The smallest absolute Gasteiger partial charge is 0.104 e. The average molecular weight is 201 g/mol. The lowest BCUT2D eigenvalue weighted by atomic mass is 10.2. The Kier molecular flexibility index (Phi) is 2.89. The molecule has 0 fully saturated rings. The van der Waals surface area contributed by atoms with E-state index >= 15 is 0 Å². The summed E-state index contributed by atoms with van der Waals surface area (Å²) >= 11 is 10.7. The van der Waals surface area contributed by atoms with Gasteiger partial charge in [0.05, 0.1) is 10.7 Å². The number of benzene rings is 1. The monoisotopic (exact) mass is 200 g/mol. The Bertz CT molecular complexity index is 312. The van der Waals surface area contributed by atoms with E-state index in [-0.39, 0.29) is 0 Å². The van der Waals surface area contributed by atoms with Crippen LogP contribution in [0.2, 0.25) is 5.02 Å². The first-order valence-electron chi connectivity index (χ1n) is 3.42. The molecule has 1 rings (SSSR count). The molecule has 0 unspecified atom stereocenters. The summed E-state index contributed by atoms with van der Waals surface area (Å²) in [5.41, 5.74) is 7.08. The molecule has 0 heterocycles. The van der Waals surface area contributed by atoms with Crippen molar-refractivity contribution < 1.29 is 0 Å². The molecule has 4 heteroatoms. The standard InChI is InChI=1S/C8H9ClN2S/c1-11-7-3-2-5(8(10)12)4-6(7)9/h2-4,11H,1H3,(H2,10,12). The lowest BCUT2D eigenvalue weighted by Gasteiger charge is -2.04. The summed E-state index contributed by atoms with van der Waals surface area (Å²) in [5.74, 6) is 0. The van der Waals surface area contributed by atoms with Gasteiger partial charge in [0.1, 0.15) is 4.99 Å². The predicted octanol–water partition coefficient (Wildman–Crippen LogP) is 2.02. The zero-order chi connectivity index (χ0) is 9.14. The fraction of sp³-hybridized carbons (Fsp3) is 0.125. The Morgan fingerprint density at radius 3 is 2.67 bits per heavy atom. The molecule has 0 aromatic heterocycles. The Labute approximate surface area is 81.7 Å². The van der Waals surface area contributed by atoms with Gasteiger partial charge in [-0.2, -0.15) is 0 Å². The molecule has 0 aliphatic carbocycles. The molecule has 0 aliphatic heterocycles. The molecule has 0 bridgehead atoms. The summed E-state index contributed by atoms with van der Waals surface area (Å²) in [6.07, 6.45) is 0. The van der Waals surface area contributed by atoms with Crippen molar-refractivity contribution in [3.05, 3.63) is 28.8 Å². The van der Waals surface area contributed by atoms with E-state index in [4.69, 9.17) is 29.6 Å². The maximum atomic E-state index is 5.90. The van der Waals surface area contributed by atoms with E-state index in [1.165, 1.54) is 0 Å². The van der Waals surface area contributed by atoms with Crippen LogP contribution in [0.25, 0.3) is 0 Å². The Morgan fingerprint density at radius 2 is 2.25 bits per heavy atom. The largest absolute Gasteiger partial charge is 0.389 e. The quantitative estimate of drug-likeness (QED) is 0.718. The number of nitrogens with one attached hydrogen (secondary N) is 1. The molecule has 0 amide bonds. The van der Waals surface area contributed by atoms with E-state index < -0.39 is 0 Å². The highest BCUT2D eigenvalue weighted by Gasteiger charge is 2.00. The van der Waals surface area contributed by atoms with Crippen molar-refractivity contribution in [3.8, 4) is 0 Å². The summed E-state index contributed by atoms with van der Waals surface area (Å²) in [5, 5.41) is 3.57. The third-order valence-electron chi connectivity index (χ3n) is 1.52. The number of anilines is 1. The first-order valence-corrected chi connectivity index (χ1v) is 4.21. The maximum absolute atomic E-state index is 5.90. The van der Waals surface area contributed by atoms with Gasteiger partial charge in [0.2, 0.25) is 0 Å². The molecule has 0 spiro atoms. The highest BCUT2D eigenvalue weighted by molar-refractivity contribution is 7.80. The van der Waals surface area contributed by atoms with Crippen LogP contribution < -0.4 is 11.1 Å². The minimum Gasteiger partial charge on any atom is -0.389 e. The fourth-order valence-corrected chi connectivity index (χ4v) is 1.27. The first kappa shape index (κ1) is 9.29. The lowest BCUT2D eigenvalue weighted by molar-refractivity contribution is 1.50. The van der Waals surface area contributed by atoms with Crippen LogP contribution in [0.15, 0.2) is 18.2 Å². The summed E-state index contributed by atoms with van der Waals surface area (Å²) in [6, 6.07) is 5.42. The van der Waals surface area contributed by atoms with Crippen molar-refractivity contribution in [2.75, 3.05) is 12.4 Å². The second-order valence-electron chi connectivity index (χ2n) is 2.31. The number of nitrogens with two attached hydrogens (primary N) is 1. The topological polar surface area (TPSA) is 38.0 Å². The van der Waals surface area contributed by atoms with Crippen LogP contribution in [0.5, 0.6) is 0 Å². The number of hydrogen-bond donors (Lipinski definition) is 2. The van der Waals surface area contributed by atoms with Crippen LogP contribution in [0.1, 0.15) is 5.56 Å². The van der Waals surface area contributed by atoms with Gasteiger partial charge in [0, 0.05) is 12.6 Å². The fourth-order valence-electron chi connectivity index (χ4n) is 0.871. The molecule has 0 saturated heterocycles. The third kappa shape index (κ3) is 1.87. The summed E-state index contributed by atoms with van der Waals surface area (Å²) < 4.78 is 0. The van der Waals surface area contributed by atoms with Gasteiger partial charge >= 0.3 is 0 Å². The zero-order valence-corrected chi connectivity index (χ0v) is 8.17. The van der Waals surface area contributed by atoms with Crippen molar-refractivity contribution in [1.29, 1.82) is 0 Å². The van der Waals surface area contributed by atoms with Crippen LogP contribution in [0.3, 0.4) is 0 Å². The van der Waals surface area contributed by atoms with Gasteiger partial charge in [-0.1, -0.05) is 23.8 Å². The van der Waals surface area contributed by atoms with Crippen molar-refractivity contribution in [3.63, 3.8) is 0 Å². The average Bonchev–Trinajstić information content (AvgIpc) is 2.04. The van der Waals surface area contributed by atoms with Gasteiger partial charge in [-0.3, -0.25) is 0 Å². The maximum Gasteiger partial charge on any atom is 0.104 e. The number of hydrogen-bond acceptors (Lipinski definition) is 2. The molecule has 0 radical (unpaired) electrons. The zero-order valence-electron chi connectivity index (χ0n) is 6.60. The molecule has 0 aliphatic rings. The van der Waals surface area contributed by atoms with Crippen LogP contribution in [-0.4, -0.2) is 12.0 Å². The summed E-state index contributed by atoms with van der Waals surface area (Å²) in [4.78, 5) is 0.361. The molecule has 1 aromatic carbocycles. The summed E-state index contributed by atoms with van der Waals surface area (Å²) in [7, 11) is 1.81. The van der Waals surface area contributed by atoms with E-state index in [9.17, 15) is 0 Å². The van der Waals surface area contributed by atoms with Gasteiger partial charge in [0.15, 0.2) is 0 Å². The number of rotatable bonds is 2. The minimum absolute atomic E-state index is 0.361. The van der Waals surface area contributed by atoms with Crippen molar-refractivity contribution in [2.24, 2.45) is 5.73 Å². The van der Waals surface area contributed by atoms with Gasteiger partial charge < -0.3 is 11.1 Å². The van der Waals surface area contributed by atoms with Crippen molar-refractivity contribution >= 4 is 34.5 Å². The van der Waals surface area contributed by atoms with Crippen molar-refractivity contribution in [2.45, 2.75) is 0 Å². The highest BCUT2D eigenvalue weighted by atomic mass is 35.5. The normalized spacial score (nSPS) is 9.50. The van der Waals surface area contributed by atoms with Gasteiger partial charge in [-0.25, -0.2) is 0 Å². The minimum atomic E-state index is 0.361. The van der Waals surface area contributed by atoms with Crippen LogP contribution >= 0.6 is 23.8 Å². The molecule has 2 nitrogen and oxygen atoms in total. The van der Waals surface area contributed by atoms with Crippen LogP contribution in [-0.2, 0) is 0 Å². The predicted molar refractivity (Wildman–Crippen MR) is 56.9 cm³/mol. The van der Waals surface area contributed by atoms with Crippen LogP contribution in [0.4, 0.5) is 5.69 Å². The first-order chi connectivity index (χ1) is 5.65. The van der Waals surface area contributed by atoms with Gasteiger partial charge in [-0.15, -0.1) is 0 Å². The molecular formula is C8H9ClN2S.